The molecule has 1 aromatic rings. The van der Waals surface area contributed by atoms with Crippen molar-refractivity contribution in [2.24, 2.45) is 5.10 Å². The molecule has 0 fully saturated rings. The van der Waals surface area contributed by atoms with Gasteiger partial charge in [0.2, 0.25) is 0 Å². The molecule has 1 rings (SSSR count). The fourth-order valence-corrected chi connectivity index (χ4v) is 1.38. The normalized spacial score (nSPS) is 14.7. The number of aliphatic hydroxyl groups is 4. The molecule has 2 atom stereocenters. The highest BCUT2D eigenvalue weighted by molar-refractivity contribution is 5.90. The molecule has 2 unspecified atom stereocenters. The van der Waals surface area contributed by atoms with Crippen LogP contribution in [0.2, 0.25) is 0 Å². The minimum absolute atomic E-state index is 0.0640. The summed E-state index contributed by atoms with van der Waals surface area (Å²) in [6.45, 7) is -1.41. The molecule has 9 heteroatoms. The van der Waals surface area contributed by atoms with Gasteiger partial charge in [0, 0.05) is 6.07 Å². The van der Waals surface area contributed by atoms with Gasteiger partial charge in [-0.25, -0.2) is 0 Å². The summed E-state index contributed by atoms with van der Waals surface area (Å²) in [5, 5.41) is 50.9. The second-order valence-electron chi connectivity index (χ2n) is 3.84. The van der Waals surface area contributed by atoms with Crippen molar-refractivity contribution in [3.8, 4) is 0 Å². The smallest absolute Gasteiger partial charge is 0.294 e. The van der Waals surface area contributed by atoms with Gasteiger partial charge < -0.3 is 20.4 Å². The Hall–Kier alpha value is -2.07. The summed E-state index contributed by atoms with van der Waals surface area (Å²) in [6.07, 6.45) is -3.09. The largest absolute Gasteiger partial charge is 0.394 e. The third kappa shape index (κ3) is 3.96. The van der Waals surface area contributed by atoms with Gasteiger partial charge in [-0.15, -0.1) is 0 Å². The van der Waals surface area contributed by atoms with Crippen LogP contribution in [0.3, 0.4) is 0 Å². The van der Waals surface area contributed by atoms with E-state index < -0.39 is 30.3 Å². The summed E-state index contributed by atoms with van der Waals surface area (Å²) in [5.41, 5.74) is 1.91. The second kappa shape index (κ2) is 7.50. The maximum absolute atomic E-state index is 10.8. The van der Waals surface area contributed by atoms with Gasteiger partial charge in [-0.05, 0) is 6.07 Å². The van der Waals surface area contributed by atoms with Crippen LogP contribution >= 0.6 is 0 Å². The highest BCUT2D eigenvalue weighted by Crippen LogP contribution is 2.23. The summed E-state index contributed by atoms with van der Waals surface area (Å²) < 4.78 is 0. The summed E-state index contributed by atoms with van der Waals surface area (Å²) in [7, 11) is 0. The van der Waals surface area contributed by atoms with Gasteiger partial charge in [0.1, 0.15) is 17.9 Å². The third-order valence-electron chi connectivity index (χ3n) is 2.48. The van der Waals surface area contributed by atoms with Gasteiger partial charge in [-0.3, -0.25) is 15.5 Å². The first kappa shape index (κ1) is 16.0. The van der Waals surface area contributed by atoms with E-state index in [1.165, 1.54) is 18.2 Å². The lowest BCUT2D eigenvalue weighted by atomic mass is 10.1. The average Bonchev–Trinajstić information content (AvgIpc) is 2.46. The van der Waals surface area contributed by atoms with Crippen LogP contribution in [-0.4, -0.2) is 56.5 Å². The van der Waals surface area contributed by atoms with Crippen molar-refractivity contribution in [3.05, 3.63) is 34.4 Å². The molecule has 0 saturated heterocycles. The van der Waals surface area contributed by atoms with E-state index in [0.29, 0.717) is 0 Å². The molecule has 0 aliphatic heterocycles. The lowest BCUT2D eigenvalue weighted by Gasteiger charge is -2.16. The van der Waals surface area contributed by atoms with Crippen LogP contribution in [0.25, 0.3) is 0 Å². The number of para-hydroxylation sites is 2. The van der Waals surface area contributed by atoms with E-state index in [2.05, 4.69) is 10.5 Å². The zero-order valence-corrected chi connectivity index (χ0v) is 10.4. The highest BCUT2D eigenvalue weighted by atomic mass is 16.6. The number of benzene rings is 1. The molecular formula is C11H15N3O6. The fourth-order valence-electron chi connectivity index (χ4n) is 1.38. The number of aliphatic hydroxyl groups excluding tert-OH is 4. The van der Waals surface area contributed by atoms with E-state index in [1.54, 1.807) is 6.07 Å². The number of nitro benzene ring substituents is 1. The molecule has 0 bridgehead atoms. The maximum atomic E-state index is 10.8. The Morgan fingerprint density at radius 3 is 2.55 bits per heavy atom. The van der Waals surface area contributed by atoms with Crippen LogP contribution in [0.5, 0.6) is 0 Å². The first-order valence-electron chi connectivity index (χ1n) is 5.65. The molecule has 20 heavy (non-hydrogen) atoms. The summed E-state index contributed by atoms with van der Waals surface area (Å²) in [4.78, 5) is 10.2. The van der Waals surface area contributed by atoms with Gasteiger partial charge in [0.25, 0.3) is 5.69 Å². The molecular weight excluding hydrogens is 270 g/mol. The SMILES string of the molecule is O=[N+]([O-])c1ccccc1N/N=C(/CO)C(O)C(O)CO. The van der Waals surface area contributed by atoms with Gasteiger partial charge in [-0.1, -0.05) is 12.1 Å². The van der Waals surface area contributed by atoms with E-state index in [0.717, 1.165) is 0 Å². The van der Waals surface area contributed by atoms with Crippen molar-refractivity contribution in [2.75, 3.05) is 18.6 Å². The molecule has 0 aliphatic carbocycles. The lowest BCUT2D eigenvalue weighted by Crippen LogP contribution is -2.38. The molecule has 0 radical (unpaired) electrons. The Kier molecular flexibility index (Phi) is 6.00. The molecule has 9 nitrogen and oxygen atoms in total. The summed E-state index contributed by atoms with van der Waals surface area (Å²) >= 11 is 0. The molecule has 0 aromatic heterocycles. The van der Waals surface area contributed by atoms with Crippen LogP contribution in [0.15, 0.2) is 29.4 Å². The Bertz CT molecular complexity index is 493. The number of nitrogens with zero attached hydrogens (tertiary/aromatic N) is 2. The molecule has 0 aliphatic rings. The Morgan fingerprint density at radius 2 is 2.00 bits per heavy atom. The van der Waals surface area contributed by atoms with E-state index in [-0.39, 0.29) is 17.1 Å². The van der Waals surface area contributed by atoms with Crippen molar-refractivity contribution < 1.29 is 25.3 Å². The van der Waals surface area contributed by atoms with Gasteiger partial charge >= 0.3 is 0 Å². The number of rotatable bonds is 7. The number of nitro groups is 1. The predicted molar refractivity (Wildman–Crippen MR) is 70.3 cm³/mol. The molecule has 1 aromatic carbocycles. The van der Waals surface area contributed by atoms with Crippen molar-refractivity contribution in [2.45, 2.75) is 12.2 Å². The zero-order chi connectivity index (χ0) is 15.1. The Morgan fingerprint density at radius 1 is 1.35 bits per heavy atom. The molecule has 5 N–H and O–H groups in total. The molecule has 0 heterocycles. The number of anilines is 1. The quantitative estimate of drug-likeness (QED) is 0.247. The van der Waals surface area contributed by atoms with Gasteiger partial charge in [-0.2, -0.15) is 5.10 Å². The van der Waals surface area contributed by atoms with Crippen LogP contribution in [-0.2, 0) is 0 Å². The van der Waals surface area contributed by atoms with E-state index in [4.69, 9.17) is 10.2 Å². The van der Waals surface area contributed by atoms with Crippen molar-refractivity contribution in [1.82, 2.24) is 0 Å². The van der Waals surface area contributed by atoms with Crippen molar-refractivity contribution in [1.29, 1.82) is 0 Å². The minimum atomic E-state index is -1.58. The van der Waals surface area contributed by atoms with Gasteiger partial charge in [0.15, 0.2) is 0 Å². The zero-order valence-electron chi connectivity index (χ0n) is 10.4. The van der Waals surface area contributed by atoms with Crippen LogP contribution in [0.1, 0.15) is 0 Å². The van der Waals surface area contributed by atoms with Crippen LogP contribution in [0.4, 0.5) is 11.4 Å². The second-order valence-corrected chi connectivity index (χ2v) is 3.84. The number of hydrogen-bond donors (Lipinski definition) is 5. The number of nitrogens with one attached hydrogen (secondary N) is 1. The van der Waals surface area contributed by atoms with E-state index in [1.807, 2.05) is 0 Å². The predicted octanol–water partition coefficient (Wildman–Crippen LogP) is -0.931. The van der Waals surface area contributed by atoms with E-state index in [9.17, 15) is 20.3 Å². The first-order valence-corrected chi connectivity index (χ1v) is 5.65. The van der Waals surface area contributed by atoms with Crippen LogP contribution < -0.4 is 5.43 Å². The summed E-state index contributed by atoms with van der Waals surface area (Å²) in [5.74, 6) is 0. The third-order valence-corrected chi connectivity index (χ3v) is 2.48. The number of hydrazone groups is 1. The topological polar surface area (TPSA) is 148 Å². The molecule has 0 spiro atoms. The van der Waals surface area contributed by atoms with Crippen molar-refractivity contribution in [3.63, 3.8) is 0 Å². The standard InChI is InChI=1S/C11H15N3O6/c15-5-8(11(18)10(17)6-16)13-12-7-3-1-2-4-9(7)14(19)20/h1-4,10-12,15-18H,5-6H2/b13-8-. The Balaban J connectivity index is 2.92. The highest BCUT2D eigenvalue weighted by Gasteiger charge is 2.21. The average molecular weight is 285 g/mol. The molecule has 0 saturated carbocycles. The monoisotopic (exact) mass is 285 g/mol. The van der Waals surface area contributed by atoms with Gasteiger partial charge in [0.05, 0.1) is 23.8 Å². The van der Waals surface area contributed by atoms with Crippen molar-refractivity contribution >= 4 is 17.1 Å². The molecule has 0 amide bonds. The number of hydrogen-bond acceptors (Lipinski definition) is 8. The van der Waals surface area contributed by atoms with E-state index >= 15 is 0 Å². The molecule has 110 valence electrons. The fraction of sp³-hybridized carbons (Fsp3) is 0.364. The minimum Gasteiger partial charge on any atom is -0.394 e. The van der Waals surface area contributed by atoms with Crippen LogP contribution in [0, 0.1) is 10.1 Å². The maximum Gasteiger partial charge on any atom is 0.294 e. The summed E-state index contributed by atoms with van der Waals surface area (Å²) in [6, 6.07) is 5.67. The first-order chi connectivity index (χ1) is 9.51. The Labute approximate surface area is 114 Å². The lowest BCUT2D eigenvalue weighted by molar-refractivity contribution is -0.384.